The highest BCUT2D eigenvalue weighted by molar-refractivity contribution is 5.97. The highest BCUT2D eigenvalue weighted by Crippen LogP contribution is 2.29. The van der Waals surface area contributed by atoms with Gasteiger partial charge in [-0.2, -0.15) is 0 Å². The molecule has 0 aliphatic rings. The van der Waals surface area contributed by atoms with Crippen molar-refractivity contribution in [2.75, 3.05) is 12.4 Å². The molecule has 3 N–H and O–H groups in total. The summed E-state index contributed by atoms with van der Waals surface area (Å²) in [6.07, 6.45) is -0.432. The molecule has 0 saturated carbocycles. The third kappa shape index (κ3) is 5.06. The second-order valence-electron chi connectivity index (χ2n) is 6.46. The number of methoxy groups -OCH3 is 1. The predicted molar refractivity (Wildman–Crippen MR) is 101 cm³/mol. The van der Waals surface area contributed by atoms with Crippen molar-refractivity contribution in [2.24, 2.45) is 0 Å². The van der Waals surface area contributed by atoms with Gasteiger partial charge in [0.15, 0.2) is 0 Å². The van der Waals surface area contributed by atoms with Crippen LogP contribution in [-0.2, 0) is 15.1 Å². The van der Waals surface area contributed by atoms with Gasteiger partial charge in [0.2, 0.25) is 5.91 Å². The van der Waals surface area contributed by atoms with E-state index in [1.54, 1.807) is 24.3 Å². The fraction of sp³-hybridized carbons (Fsp3) is 0.250. The van der Waals surface area contributed by atoms with Crippen molar-refractivity contribution < 1.29 is 28.6 Å². The van der Waals surface area contributed by atoms with Gasteiger partial charge in [-0.3, -0.25) is 14.4 Å². The molecule has 8 heteroatoms. The molecule has 0 fully saturated rings. The van der Waals surface area contributed by atoms with E-state index >= 15 is 0 Å². The minimum atomic E-state index is -1.33. The summed E-state index contributed by atoms with van der Waals surface area (Å²) in [6.45, 7) is 2.82. The topological polar surface area (TPSA) is 105 Å². The molecule has 2 aromatic carbocycles. The summed E-state index contributed by atoms with van der Waals surface area (Å²) < 4.78 is 19.4. The van der Waals surface area contributed by atoms with Crippen molar-refractivity contribution in [3.05, 3.63) is 59.4 Å². The van der Waals surface area contributed by atoms with Crippen LogP contribution in [0.15, 0.2) is 42.5 Å². The van der Waals surface area contributed by atoms with Crippen molar-refractivity contribution in [1.29, 1.82) is 0 Å². The second kappa shape index (κ2) is 8.51. The maximum absolute atomic E-state index is 14.2. The van der Waals surface area contributed by atoms with Crippen LogP contribution in [0.5, 0.6) is 5.75 Å². The fourth-order valence-electron chi connectivity index (χ4n) is 2.79. The van der Waals surface area contributed by atoms with Crippen LogP contribution in [0, 0.1) is 5.82 Å². The molecule has 1 unspecified atom stereocenters. The standard InChI is InChI=1S/C20H21FN2O5/c1-12(24)22-14-7-8-17(21)16(10-14)19(27)23-20(2,11-18(25)26)13-5-4-6-15(9-13)28-3/h4-10H,11H2,1-3H3,(H,22,24)(H,23,27)(H,25,26). The number of hydrogen-bond acceptors (Lipinski definition) is 4. The number of halogens is 1. The van der Waals surface area contributed by atoms with E-state index < -0.39 is 29.7 Å². The number of anilines is 1. The maximum Gasteiger partial charge on any atom is 0.306 e. The average Bonchev–Trinajstić information content (AvgIpc) is 2.62. The molecule has 148 valence electrons. The largest absolute Gasteiger partial charge is 0.497 e. The van der Waals surface area contributed by atoms with Crippen molar-refractivity contribution >= 4 is 23.5 Å². The minimum Gasteiger partial charge on any atom is -0.497 e. The number of carboxylic acid groups (broad SMARTS) is 1. The molecule has 2 amide bonds. The molecule has 0 spiro atoms. The summed E-state index contributed by atoms with van der Waals surface area (Å²) in [4.78, 5) is 35.3. The summed E-state index contributed by atoms with van der Waals surface area (Å²) in [5.74, 6) is -2.63. The summed E-state index contributed by atoms with van der Waals surface area (Å²) >= 11 is 0. The van der Waals surface area contributed by atoms with Crippen LogP contribution in [0.4, 0.5) is 10.1 Å². The number of hydrogen-bond donors (Lipinski definition) is 3. The molecule has 2 aromatic rings. The number of carboxylic acids is 1. The molecule has 0 bridgehead atoms. The maximum atomic E-state index is 14.2. The Labute approximate surface area is 161 Å². The van der Waals surface area contributed by atoms with Crippen LogP contribution in [-0.4, -0.2) is 30.0 Å². The molecular weight excluding hydrogens is 367 g/mol. The van der Waals surface area contributed by atoms with Crippen molar-refractivity contribution in [3.63, 3.8) is 0 Å². The average molecular weight is 388 g/mol. The number of carbonyl (C=O) groups is 3. The Morgan fingerprint density at radius 2 is 1.89 bits per heavy atom. The number of ether oxygens (including phenoxy) is 1. The smallest absolute Gasteiger partial charge is 0.306 e. The van der Waals surface area contributed by atoms with E-state index in [9.17, 15) is 23.9 Å². The number of nitrogens with one attached hydrogen (secondary N) is 2. The Bertz CT molecular complexity index is 915. The molecule has 0 aliphatic heterocycles. The first-order chi connectivity index (χ1) is 13.1. The third-order valence-electron chi connectivity index (χ3n) is 4.13. The van der Waals surface area contributed by atoms with Crippen molar-refractivity contribution in [1.82, 2.24) is 5.32 Å². The van der Waals surface area contributed by atoms with Gasteiger partial charge in [0.05, 0.1) is 24.6 Å². The van der Waals surface area contributed by atoms with Gasteiger partial charge in [-0.15, -0.1) is 0 Å². The van der Waals surface area contributed by atoms with Gasteiger partial charge < -0.3 is 20.5 Å². The molecule has 28 heavy (non-hydrogen) atoms. The number of aliphatic carboxylic acids is 1. The summed E-state index contributed by atoms with van der Waals surface area (Å²) in [5.41, 5.74) is -0.902. The van der Waals surface area contributed by atoms with Gasteiger partial charge in [0.1, 0.15) is 11.6 Å². The summed E-state index contributed by atoms with van der Waals surface area (Å²) in [6, 6.07) is 10.2. The summed E-state index contributed by atoms with van der Waals surface area (Å²) in [7, 11) is 1.47. The van der Waals surface area contributed by atoms with Crippen LogP contribution >= 0.6 is 0 Å². The van der Waals surface area contributed by atoms with Crippen LogP contribution < -0.4 is 15.4 Å². The molecule has 7 nitrogen and oxygen atoms in total. The Morgan fingerprint density at radius 3 is 2.50 bits per heavy atom. The van der Waals surface area contributed by atoms with Gasteiger partial charge in [-0.25, -0.2) is 4.39 Å². The SMILES string of the molecule is COc1cccc(C(C)(CC(=O)O)NC(=O)c2cc(NC(C)=O)ccc2F)c1. The van der Waals surface area contributed by atoms with E-state index in [0.29, 0.717) is 11.3 Å². The van der Waals surface area contributed by atoms with E-state index in [4.69, 9.17) is 4.74 Å². The lowest BCUT2D eigenvalue weighted by atomic mass is 9.88. The Kier molecular flexibility index (Phi) is 6.35. The molecule has 0 saturated heterocycles. The van der Waals surface area contributed by atoms with Crippen LogP contribution in [0.25, 0.3) is 0 Å². The molecule has 0 radical (unpaired) electrons. The molecule has 0 aliphatic carbocycles. The highest BCUT2D eigenvalue weighted by atomic mass is 19.1. The van der Waals surface area contributed by atoms with Crippen molar-refractivity contribution in [3.8, 4) is 5.75 Å². The monoisotopic (exact) mass is 388 g/mol. The van der Waals surface area contributed by atoms with Gasteiger partial charge in [0.25, 0.3) is 5.91 Å². The van der Waals surface area contributed by atoms with Gasteiger partial charge in [0, 0.05) is 12.6 Å². The van der Waals surface area contributed by atoms with Crippen LogP contribution in [0.2, 0.25) is 0 Å². The van der Waals surface area contributed by atoms with Crippen LogP contribution in [0.3, 0.4) is 0 Å². The van der Waals surface area contributed by atoms with Gasteiger partial charge >= 0.3 is 5.97 Å². The predicted octanol–water partition coefficient (Wildman–Crippen LogP) is 2.91. The third-order valence-corrected chi connectivity index (χ3v) is 4.13. The fourth-order valence-corrected chi connectivity index (χ4v) is 2.79. The van der Waals surface area contributed by atoms with Gasteiger partial charge in [-0.1, -0.05) is 12.1 Å². The quantitative estimate of drug-likeness (QED) is 0.676. The van der Waals surface area contributed by atoms with E-state index in [1.165, 1.54) is 33.1 Å². The highest BCUT2D eigenvalue weighted by Gasteiger charge is 2.33. The number of carbonyl (C=O) groups excluding carboxylic acids is 2. The van der Waals surface area contributed by atoms with E-state index in [2.05, 4.69) is 10.6 Å². The zero-order valence-corrected chi connectivity index (χ0v) is 15.7. The van der Waals surface area contributed by atoms with E-state index in [-0.39, 0.29) is 17.2 Å². The first-order valence-corrected chi connectivity index (χ1v) is 8.40. The molecule has 0 heterocycles. The molecule has 1 atom stereocenters. The second-order valence-corrected chi connectivity index (χ2v) is 6.46. The lowest BCUT2D eigenvalue weighted by Crippen LogP contribution is -2.45. The summed E-state index contributed by atoms with van der Waals surface area (Å²) in [5, 5.41) is 14.4. The molecule has 0 aromatic heterocycles. The zero-order valence-electron chi connectivity index (χ0n) is 15.7. The first-order valence-electron chi connectivity index (χ1n) is 8.40. The minimum absolute atomic E-state index is 0.250. The first kappa shape index (κ1) is 20.9. The van der Waals surface area contributed by atoms with E-state index in [1.807, 2.05) is 0 Å². The molecular formula is C20H21FN2O5. The normalized spacial score (nSPS) is 12.6. The number of amides is 2. The number of benzene rings is 2. The Balaban J connectivity index is 2.40. The lowest BCUT2D eigenvalue weighted by Gasteiger charge is -2.30. The van der Waals surface area contributed by atoms with Crippen LogP contribution in [0.1, 0.15) is 36.2 Å². The lowest BCUT2D eigenvalue weighted by molar-refractivity contribution is -0.138. The zero-order chi connectivity index (χ0) is 20.9. The Hall–Kier alpha value is -3.42. The Morgan fingerprint density at radius 1 is 1.18 bits per heavy atom. The number of rotatable bonds is 7. The van der Waals surface area contributed by atoms with Crippen molar-refractivity contribution in [2.45, 2.75) is 25.8 Å². The van der Waals surface area contributed by atoms with E-state index in [0.717, 1.165) is 6.07 Å². The van der Waals surface area contributed by atoms with Gasteiger partial charge in [-0.05, 0) is 42.8 Å². The molecule has 2 rings (SSSR count).